The summed E-state index contributed by atoms with van der Waals surface area (Å²) in [5.41, 5.74) is 1.43. The molecule has 24 heavy (non-hydrogen) atoms. The first-order valence-electron chi connectivity index (χ1n) is 8.21. The monoisotopic (exact) mass is 332 g/mol. The average Bonchev–Trinajstić information content (AvgIpc) is 2.52. The van der Waals surface area contributed by atoms with E-state index in [1.165, 1.54) is 0 Å². The van der Waals surface area contributed by atoms with Crippen molar-refractivity contribution in [2.75, 3.05) is 43.0 Å². The van der Waals surface area contributed by atoms with Crippen LogP contribution in [0.1, 0.15) is 20.8 Å². The molecule has 0 saturated carbocycles. The van der Waals surface area contributed by atoms with E-state index in [-0.39, 0.29) is 24.1 Å². The molecule has 3 rings (SSSR count). The van der Waals surface area contributed by atoms with Gasteiger partial charge in [-0.2, -0.15) is 0 Å². The van der Waals surface area contributed by atoms with Crippen LogP contribution in [0.4, 0.5) is 16.2 Å². The molecule has 0 spiro atoms. The smallest absolute Gasteiger partial charge is 0.317 e. The van der Waals surface area contributed by atoms with Gasteiger partial charge in [-0.15, -0.1) is 0 Å². The van der Waals surface area contributed by atoms with Crippen LogP contribution in [0.15, 0.2) is 18.2 Å². The summed E-state index contributed by atoms with van der Waals surface area (Å²) < 4.78 is 5.61. The lowest BCUT2D eigenvalue weighted by Gasteiger charge is -2.38. The number of benzene rings is 1. The van der Waals surface area contributed by atoms with Crippen LogP contribution in [-0.2, 0) is 4.79 Å². The lowest BCUT2D eigenvalue weighted by atomic mass is 10.1. The Morgan fingerprint density at radius 2 is 1.92 bits per heavy atom. The predicted octanol–water partition coefficient (Wildman–Crippen LogP) is 1.65. The molecule has 0 aliphatic carbocycles. The maximum atomic E-state index is 12.2. The van der Waals surface area contributed by atoms with Gasteiger partial charge >= 0.3 is 6.03 Å². The number of urea groups is 1. The number of para-hydroxylation sites is 1. The van der Waals surface area contributed by atoms with E-state index in [0.717, 1.165) is 18.8 Å². The van der Waals surface area contributed by atoms with Gasteiger partial charge in [0.25, 0.3) is 5.91 Å². The number of nitrogens with zero attached hydrogens (tertiary/aromatic N) is 2. The van der Waals surface area contributed by atoms with E-state index in [0.29, 0.717) is 24.5 Å². The van der Waals surface area contributed by atoms with E-state index >= 15 is 0 Å². The molecule has 2 aliphatic rings. The number of amides is 3. The molecule has 7 heteroatoms. The molecule has 1 saturated heterocycles. The van der Waals surface area contributed by atoms with Crippen molar-refractivity contribution in [1.29, 1.82) is 0 Å². The van der Waals surface area contributed by atoms with Gasteiger partial charge in [0.05, 0.1) is 11.4 Å². The Hall–Kier alpha value is -2.44. The van der Waals surface area contributed by atoms with E-state index in [2.05, 4.69) is 15.5 Å². The second-order valence-corrected chi connectivity index (χ2v) is 7.14. The minimum atomic E-state index is -0.237. The normalized spacial score (nSPS) is 17.7. The van der Waals surface area contributed by atoms with Gasteiger partial charge in [-0.25, -0.2) is 4.79 Å². The average molecular weight is 332 g/mol. The van der Waals surface area contributed by atoms with Crippen molar-refractivity contribution < 1.29 is 14.3 Å². The van der Waals surface area contributed by atoms with Crippen LogP contribution < -0.4 is 20.3 Å². The number of carbonyl (C=O) groups excluding carboxylic acids is 2. The minimum absolute atomic E-state index is 0.0271. The van der Waals surface area contributed by atoms with Gasteiger partial charge in [0, 0.05) is 31.7 Å². The maximum Gasteiger partial charge on any atom is 0.317 e. The Bertz CT molecular complexity index is 646. The van der Waals surface area contributed by atoms with Gasteiger partial charge in [-0.05, 0) is 32.9 Å². The van der Waals surface area contributed by atoms with Crippen LogP contribution >= 0.6 is 0 Å². The van der Waals surface area contributed by atoms with Crippen LogP contribution in [0.25, 0.3) is 0 Å². The van der Waals surface area contributed by atoms with E-state index in [1.807, 2.05) is 43.9 Å². The summed E-state index contributed by atoms with van der Waals surface area (Å²) in [6, 6.07) is 5.70. The van der Waals surface area contributed by atoms with E-state index in [1.54, 1.807) is 0 Å². The zero-order valence-electron chi connectivity index (χ0n) is 14.4. The molecule has 2 N–H and O–H groups in total. The number of fused-ring (bicyclic) bond motifs is 1. The molecule has 1 fully saturated rings. The highest BCUT2D eigenvalue weighted by Gasteiger charge is 2.27. The second-order valence-electron chi connectivity index (χ2n) is 7.14. The largest absolute Gasteiger partial charge is 0.479 e. The highest BCUT2D eigenvalue weighted by atomic mass is 16.5. The first-order chi connectivity index (χ1) is 11.3. The van der Waals surface area contributed by atoms with Crippen LogP contribution in [0.3, 0.4) is 0 Å². The summed E-state index contributed by atoms with van der Waals surface area (Å²) in [7, 11) is 0. The fourth-order valence-corrected chi connectivity index (χ4v) is 2.90. The van der Waals surface area contributed by atoms with Crippen LogP contribution in [-0.4, -0.2) is 55.2 Å². The Kier molecular flexibility index (Phi) is 4.26. The number of nitrogens with one attached hydrogen (secondary N) is 2. The molecule has 2 aliphatic heterocycles. The highest BCUT2D eigenvalue weighted by molar-refractivity contribution is 5.97. The third-order valence-electron chi connectivity index (χ3n) is 4.01. The second kappa shape index (κ2) is 6.22. The van der Waals surface area contributed by atoms with Gasteiger partial charge in [0.2, 0.25) is 0 Å². The highest BCUT2D eigenvalue weighted by Crippen LogP contribution is 2.38. The summed E-state index contributed by atoms with van der Waals surface area (Å²) in [5.74, 6) is 0.577. The van der Waals surface area contributed by atoms with Gasteiger partial charge < -0.3 is 25.2 Å². The lowest BCUT2D eigenvalue weighted by Crippen LogP contribution is -2.55. The number of piperazine rings is 1. The van der Waals surface area contributed by atoms with Crippen molar-refractivity contribution >= 4 is 23.3 Å². The number of carbonyl (C=O) groups is 2. The van der Waals surface area contributed by atoms with Gasteiger partial charge in [0.1, 0.15) is 0 Å². The Morgan fingerprint density at radius 1 is 1.21 bits per heavy atom. The molecule has 130 valence electrons. The zero-order chi connectivity index (χ0) is 17.3. The predicted molar refractivity (Wildman–Crippen MR) is 92.6 cm³/mol. The summed E-state index contributed by atoms with van der Waals surface area (Å²) in [4.78, 5) is 27.7. The SMILES string of the molecule is CC(C)(C)NC(=O)N1CCN(c2cccc3c2OCC(=O)N3)CC1. The number of rotatable bonds is 1. The van der Waals surface area contributed by atoms with Crippen molar-refractivity contribution in [3.8, 4) is 5.75 Å². The third kappa shape index (κ3) is 3.55. The quantitative estimate of drug-likeness (QED) is 0.820. The zero-order valence-corrected chi connectivity index (χ0v) is 14.4. The lowest BCUT2D eigenvalue weighted by molar-refractivity contribution is -0.118. The van der Waals surface area contributed by atoms with Crippen molar-refractivity contribution in [2.24, 2.45) is 0 Å². The van der Waals surface area contributed by atoms with E-state index in [9.17, 15) is 9.59 Å². The fourth-order valence-electron chi connectivity index (χ4n) is 2.90. The van der Waals surface area contributed by atoms with Gasteiger partial charge in [-0.1, -0.05) is 6.07 Å². The number of hydrogen-bond acceptors (Lipinski definition) is 4. The van der Waals surface area contributed by atoms with Crippen LogP contribution in [0.5, 0.6) is 5.75 Å². The molecule has 2 heterocycles. The molecule has 1 aromatic rings. The first-order valence-corrected chi connectivity index (χ1v) is 8.21. The molecule has 0 atom stereocenters. The topological polar surface area (TPSA) is 73.9 Å². The van der Waals surface area contributed by atoms with Gasteiger partial charge in [-0.3, -0.25) is 4.79 Å². The summed E-state index contributed by atoms with van der Waals surface area (Å²) >= 11 is 0. The molecule has 0 aromatic heterocycles. The fraction of sp³-hybridized carbons (Fsp3) is 0.529. The molecular formula is C17H24N4O3. The van der Waals surface area contributed by atoms with Crippen LogP contribution in [0, 0.1) is 0 Å². The Morgan fingerprint density at radius 3 is 2.58 bits per heavy atom. The molecule has 0 radical (unpaired) electrons. The summed E-state index contributed by atoms with van der Waals surface area (Å²) in [6.07, 6.45) is 0. The molecule has 0 unspecified atom stereocenters. The number of hydrogen-bond donors (Lipinski definition) is 2. The standard InChI is InChI=1S/C17H24N4O3/c1-17(2,3)19-16(23)21-9-7-20(8-10-21)13-6-4-5-12-15(13)24-11-14(22)18-12/h4-6H,7-11H2,1-3H3,(H,18,22)(H,19,23). The molecule has 3 amide bonds. The molecule has 0 bridgehead atoms. The minimum Gasteiger partial charge on any atom is -0.479 e. The summed E-state index contributed by atoms with van der Waals surface area (Å²) in [5, 5.41) is 5.82. The Balaban J connectivity index is 1.67. The van der Waals surface area contributed by atoms with Crippen molar-refractivity contribution in [3.63, 3.8) is 0 Å². The van der Waals surface area contributed by atoms with Crippen molar-refractivity contribution in [1.82, 2.24) is 10.2 Å². The van der Waals surface area contributed by atoms with Gasteiger partial charge in [0.15, 0.2) is 12.4 Å². The first kappa shape index (κ1) is 16.4. The molecular weight excluding hydrogens is 308 g/mol. The van der Waals surface area contributed by atoms with Crippen molar-refractivity contribution in [2.45, 2.75) is 26.3 Å². The number of anilines is 2. The van der Waals surface area contributed by atoms with Crippen molar-refractivity contribution in [3.05, 3.63) is 18.2 Å². The van der Waals surface area contributed by atoms with E-state index < -0.39 is 0 Å². The Labute approximate surface area is 141 Å². The van der Waals surface area contributed by atoms with Crippen LogP contribution in [0.2, 0.25) is 0 Å². The molecule has 7 nitrogen and oxygen atoms in total. The maximum absolute atomic E-state index is 12.2. The van der Waals surface area contributed by atoms with E-state index in [4.69, 9.17) is 4.74 Å². The third-order valence-corrected chi connectivity index (χ3v) is 4.01. The summed E-state index contributed by atoms with van der Waals surface area (Å²) in [6.45, 7) is 8.72. The number of ether oxygens (including phenoxy) is 1. The molecule has 1 aromatic carbocycles.